The van der Waals surface area contributed by atoms with E-state index >= 15 is 0 Å². The number of nitrogens with zero attached hydrogens (tertiary/aromatic N) is 5. The first-order chi connectivity index (χ1) is 17.0. The molecular weight excluding hydrogens is 440 g/mol. The van der Waals surface area contributed by atoms with Crippen molar-refractivity contribution in [2.24, 2.45) is 0 Å². The number of rotatable bonds is 8. The molecule has 184 valence electrons. The second kappa shape index (κ2) is 10.2. The molecule has 1 saturated carbocycles. The van der Waals surface area contributed by atoms with Crippen LogP contribution < -0.4 is 5.56 Å². The minimum Gasteiger partial charge on any atom is -0.467 e. The molecule has 1 aliphatic carbocycles. The number of aromatic nitrogens is 5. The van der Waals surface area contributed by atoms with Crippen molar-refractivity contribution in [1.82, 2.24) is 30.1 Å². The van der Waals surface area contributed by atoms with Gasteiger partial charge in [0.05, 0.1) is 12.3 Å². The number of pyridine rings is 1. The SMILES string of the molecule is CC[C@H](c1nnnn1Cc1ccco1)N(Cc1cc2cc(C)c(C)cc2[nH]c1=O)C1CCCCC1. The number of furan rings is 1. The van der Waals surface area contributed by atoms with E-state index in [1.54, 1.807) is 6.26 Å². The molecule has 1 fully saturated rings. The Morgan fingerprint density at radius 1 is 1.17 bits per heavy atom. The predicted octanol–water partition coefficient (Wildman–Crippen LogP) is 5.06. The molecule has 0 spiro atoms. The number of aromatic amines is 1. The third-order valence-corrected chi connectivity index (χ3v) is 7.46. The van der Waals surface area contributed by atoms with Gasteiger partial charge in [0, 0.05) is 23.7 Å². The first kappa shape index (κ1) is 23.5. The molecule has 1 N–H and O–H groups in total. The Morgan fingerprint density at radius 2 is 1.97 bits per heavy atom. The van der Waals surface area contributed by atoms with Gasteiger partial charge in [0.1, 0.15) is 12.3 Å². The third-order valence-electron chi connectivity index (χ3n) is 7.46. The number of aryl methyl sites for hydroxylation is 2. The maximum Gasteiger partial charge on any atom is 0.252 e. The normalized spacial score (nSPS) is 15.8. The van der Waals surface area contributed by atoms with Crippen LogP contribution in [0.4, 0.5) is 0 Å². The predicted molar refractivity (Wildman–Crippen MR) is 135 cm³/mol. The summed E-state index contributed by atoms with van der Waals surface area (Å²) in [6.45, 7) is 7.40. The second-order valence-corrected chi connectivity index (χ2v) is 9.81. The lowest BCUT2D eigenvalue weighted by molar-refractivity contribution is 0.0842. The van der Waals surface area contributed by atoms with Crippen LogP contribution in [0.25, 0.3) is 10.9 Å². The molecule has 5 rings (SSSR count). The Kier molecular flexibility index (Phi) is 6.81. The van der Waals surface area contributed by atoms with Gasteiger partial charge in [-0.1, -0.05) is 26.2 Å². The van der Waals surface area contributed by atoms with Gasteiger partial charge in [-0.25, -0.2) is 4.68 Å². The van der Waals surface area contributed by atoms with Gasteiger partial charge in [0.2, 0.25) is 0 Å². The molecule has 35 heavy (non-hydrogen) atoms. The lowest BCUT2D eigenvalue weighted by Crippen LogP contribution is -2.41. The fourth-order valence-electron chi connectivity index (χ4n) is 5.42. The van der Waals surface area contributed by atoms with E-state index in [2.05, 4.69) is 64.4 Å². The molecule has 8 nitrogen and oxygen atoms in total. The van der Waals surface area contributed by atoms with Crippen LogP contribution in [0.5, 0.6) is 0 Å². The van der Waals surface area contributed by atoms with Crippen molar-refractivity contribution in [1.29, 1.82) is 0 Å². The summed E-state index contributed by atoms with van der Waals surface area (Å²) >= 11 is 0. The quantitative estimate of drug-likeness (QED) is 0.384. The van der Waals surface area contributed by atoms with Crippen molar-refractivity contribution >= 4 is 10.9 Å². The van der Waals surface area contributed by atoms with E-state index in [1.165, 1.54) is 30.4 Å². The second-order valence-electron chi connectivity index (χ2n) is 9.81. The van der Waals surface area contributed by atoms with Crippen LogP contribution in [0.2, 0.25) is 0 Å². The molecular formula is C27H34N6O2. The summed E-state index contributed by atoms with van der Waals surface area (Å²) in [5.41, 5.74) is 4.06. The highest BCUT2D eigenvalue weighted by atomic mass is 16.3. The summed E-state index contributed by atoms with van der Waals surface area (Å²) < 4.78 is 7.38. The van der Waals surface area contributed by atoms with Gasteiger partial charge in [-0.3, -0.25) is 9.69 Å². The molecule has 3 heterocycles. The summed E-state index contributed by atoms with van der Waals surface area (Å²) in [5.74, 6) is 1.63. The molecule has 4 aromatic rings. The first-order valence-corrected chi connectivity index (χ1v) is 12.7. The van der Waals surface area contributed by atoms with Gasteiger partial charge < -0.3 is 9.40 Å². The topological polar surface area (TPSA) is 92.8 Å². The maximum absolute atomic E-state index is 13.2. The minimum atomic E-state index is -0.0217. The lowest BCUT2D eigenvalue weighted by Gasteiger charge is -2.39. The van der Waals surface area contributed by atoms with E-state index in [9.17, 15) is 4.79 Å². The van der Waals surface area contributed by atoms with E-state index in [-0.39, 0.29) is 11.6 Å². The Labute approximate surface area is 205 Å². The molecule has 0 radical (unpaired) electrons. The highest BCUT2D eigenvalue weighted by Crippen LogP contribution is 2.33. The van der Waals surface area contributed by atoms with Crippen LogP contribution in [0.15, 0.2) is 45.8 Å². The number of tetrazole rings is 1. The standard InChI is InChI=1S/C27H34N6O2/c1-4-25(26-29-30-31-33(26)17-23-11-8-12-35-23)32(22-9-6-5-7-10-22)16-21-15-20-13-18(2)19(3)14-24(20)28-27(21)34/h8,11-15,22,25H,4-7,9-10,16-17H2,1-3H3,(H,28,34)/t25-/m1/s1. The molecule has 3 aromatic heterocycles. The summed E-state index contributed by atoms with van der Waals surface area (Å²) in [6.07, 6.45) is 8.45. The monoisotopic (exact) mass is 474 g/mol. The summed E-state index contributed by atoms with van der Waals surface area (Å²) in [4.78, 5) is 18.8. The average Bonchev–Trinajstić information content (AvgIpc) is 3.54. The molecule has 1 atom stereocenters. The smallest absolute Gasteiger partial charge is 0.252 e. The Morgan fingerprint density at radius 3 is 2.71 bits per heavy atom. The van der Waals surface area contributed by atoms with Gasteiger partial charge in [-0.15, -0.1) is 5.10 Å². The number of hydrogen-bond acceptors (Lipinski definition) is 6. The van der Waals surface area contributed by atoms with Gasteiger partial charge >= 0.3 is 0 Å². The van der Waals surface area contributed by atoms with Crippen LogP contribution in [0.1, 0.15) is 79.8 Å². The van der Waals surface area contributed by atoms with Crippen molar-refractivity contribution in [2.75, 3.05) is 0 Å². The van der Waals surface area contributed by atoms with Crippen LogP contribution in [-0.4, -0.2) is 36.1 Å². The Hall–Kier alpha value is -3.26. The van der Waals surface area contributed by atoms with E-state index in [0.29, 0.717) is 19.1 Å². The van der Waals surface area contributed by atoms with Crippen molar-refractivity contribution < 1.29 is 4.42 Å². The lowest BCUT2D eigenvalue weighted by atomic mass is 9.92. The van der Waals surface area contributed by atoms with Crippen LogP contribution in [-0.2, 0) is 13.1 Å². The van der Waals surface area contributed by atoms with Crippen LogP contribution in [0, 0.1) is 13.8 Å². The minimum absolute atomic E-state index is 0.00193. The largest absolute Gasteiger partial charge is 0.467 e. The maximum atomic E-state index is 13.2. The van der Waals surface area contributed by atoms with Crippen molar-refractivity contribution in [3.8, 4) is 0 Å². The fraction of sp³-hybridized carbons (Fsp3) is 0.481. The molecule has 1 aliphatic rings. The van der Waals surface area contributed by atoms with E-state index < -0.39 is 0 Å². The van der Waals surface area contributed by atoms with E-state index in [4.69, 9.17) is 4.42 Å². The summed E-state index contributed by atoms with van der Waals surface area (Å²) in [7, 11) is 0. The fourth-order valence-corrected chi connectivity index (χ4v) is 5.42. The van der Waals surface area contributed by atoms with E-state index in [1.807, 2.05) is 16.8 Å². The first-order valence-electron chi connectivity index (χ1n) is 12.7. The Bertz CT molecular complexity index is 1330. The van der Waals surface area contributed by atoms with Gasteiger partial charge in [0.15, 0.2) is 5.82 Å². The van der Waals surface area contributed by atoms with Crippen molar-refractivity contribution in [2.45, 2.75) is 84.5 Å². The summed E-state index contributed by atoms with van der Waals surface area (Å²) in [5, 5.41) is 13.8. The van der Waals surface area contributed by atoms with Crippen molar-refractivity contribution in [3.05, 3.63) is 75.2 Å². The number of fused-ring (bicyclic) bond motifs is 1. The summed E-state index contributed by atoms with van der Waals surface area (Å²) in [6, 6.07) is 10.5. The zero-order chi connectivity index (χ0) is 24.4. The molecule has 0 unspecified atom stereocenters. The zero-order valence-corrected chi connectivity index (χ0v) is 20.8. The van der Waals surface area contributed by atoms with Gasteiger partial charge in [0.25, 0.3) is 5.56 Å². The molecule has 0 amide bonds. The van der Waals surface area contributed by atoms with Crippen LogP contribution >= 0.6 is 0 Å². The molecule has 0 aliphatic heterocycles. The number of nitrogens with one attached hydrogen (secondary N) is 1. The van der Waals surface area contributed by atoms with Gasteiger partial charge in [-0.05, 0) is 90.4 Å². The average molecular weight is 475 g/mol. The number of benzene rings is 1. The van der Waals surface area contributed by atoms with Gasteiger partial charge in [-0.2, -0.15) is 0 Å². The molecule has 0 bridgehead atoms. The number of H-pyrrole nitrogens is 1. The third kappa shape index (κ3) is 4.93. The number of hydrogen-bond donors (Lipinski definition) is 1. The highest BCUT2D eigenvalue weighted by Gasteiger charge is 2.32. The molecule has 0 saturated heterocycles. The molecule has 1 aromatic carbocycles. The highest BCUT2D eigenvalue weighted by molar-refractivity contribution is 5.80. The Balaban J connectivity index is 1.52. The van der Waals surface area contributed by atoms with E-state index in [0.717, 1.165) is 47.3 Å². The van der Waals surface area contributed by atoms with Crippen LogP contribution in [0.3, 0.4) is 0 Å². The zero-order valence-electron chi connectivity index (χ0n) is 20.8. The van der Waals surface area contributed by atoms with Crippen molar-refractivity contribution in [3.63, 3.8) is 0 Å². The molecule has 8 heteroatoms.